The quantitative estimate of drug-likeness (QED) is 0.777. The highest BCUT2D eigenvalue weighted by Gasteiger charge is 2.44. The summed E-state index contributed by atoms with van der Waals surface area (Å²) in [5.41, 5.74) is 0. The number of carbonyl (C=O) groups is 2. The minimum Gasteiger partial charge on any atom is -0.469 e. The number of amides is 1. The summed E-state index contributed by atoms with van der Waals surface area (Å²) in [7, 11) is 1.39. The van der Waals surface area contributed by atoms with Gasteiger partial charge in [-0.05, 0) is 24.7 Å². The first kappa shape index (κ1) is 15.3. The van der Waals surface area contributed by atoms with Gasteiger partial charge in [-0.2, -0.15) is 0 Å². The van der Waals surface area contributed by atoms with Crippen molar-refractivity contribution in [3.63, 3.8) is 0 Å². The first-order chi connectivity index (χ1) is 9.54. The highest BCUT2D eigenvalue weighted by atomic mass is 16.5. The standard InChI is InChI=1S/C15H26N2O3/c1-10(2)13-15(19)17(9-8-12(18)20-3)14(16-13)11-6-4-5-7-11/h10-11,13-14,16H,4-9H2,1-3H3. The topological polar surface area (TPSA) is 58.6 Å². The lowest BCUT2D eigenvalue weighted by molar-refractivity contribution is -0.141. The monoisotopic (exact) mass is 282 g/mol. The van der Waals surface area contributed by atoms with Gasteiger partial charge in [0.15, 0.2) is 0 Å². The fraction of sp³-hybridized carbons (Fsp3) is 0.867. The maximum atomic E-state index is 12.5. The van der Waals surface area contributed by atoms with Crippen LogP contribution in [0.15, 0.2) is 0 Å². The molecule has 0 radical (unpaired) electrons. The Morgan fingerprint density at radius 3 is 2.60 bits per heavy atom. The summed E-state index contributed by atoms with van der Waals surface area (Å²) in [6.45, 7) is 4.58. The summed E-state index contributed by atoms with van der Waals surface area (Å²) in [6, 6.07) is -0.113. The zero-order valence-electron chi connectivity index (χ0n) is 12.7. The zero-order chi connectivity index (χ0) is 14.7. The van der Waals surface area contributed by atoms with Gasteiger partial charge in [0.2, 0.25) is 5.91 Å². The van der Waals surface area contributed by atoms with E-state index in [2.05, 4.69) is 23.9 Å². The van der Waals surface area contributed by atoms with Gasteiger partial charge in [-0.15, -0.1) is 0 Å². The van der Waals surface area contributed by atoms with E-state index in [1.807, 2.05) is 4.90 Å². The smallest absolute Gasteiger partial charge is 0.307 e. The van der Waals surface area contributed by atoms with E-state index in [0.29, 0.717) is 12.5 Å². The Hall–Kier alpha value is -1.10. The number of rotatable bonds is 5. The Kier molecular flexibility index (Phi) is 5.02. The highest BCUT2D eigenvalue weighted by molar-refractivity contribution is 5.85. The lowest BCUT2D eigenvalue weighted by atomic mass is 10.0. The molecule has 5 heteroatoms. The van der Waals surface area contributed by atoms with Crippen LogP contribution in [0.25, 0.3) is 0 Å². The molecule has 1 aliphatic carbocycles. The fourth-order valence-electron chi connectivity index (χ4n) is 3.37. The van der Waals surface area contributed by atoms with Gasteiger partial charge >= 0.3 is 5.97 Å². The predicted molar refractivity (Wildman–Crippen MR) is 75.9 cm³/mol. The van der Waals surface area contributed by atoms with Crippen molar-refractivity contribution < 1.29 is 14.3 Å². The molecule has 0 aromatic carbocycles. The van der Waals surface area contributed by atoms with Gasteiger partial charge in [0.1, 0.15) is 0 Å². The van der Waals surface area contributed by atoms with Crippen LogP contribution in [0.2, 0.25) is 0 Å². The van der Waals surface area contributed by atoms with Crippen LogP contribution in [0, 0.1) is 11.8 Å². The number of esters is 1. The van der Waals surface area contributed by atoms with Gasteiger partial charge in [0.05, 0.1) is 25.7 Å². The molecule has 0 aromatic rings. The molecule has 0 spiro atoms. The Bertz CT molecular complexity index is 364. The maximum absolute atomic E-state index is 12.5. The van der Waals surface area contributed by atoms with E-state index in [0.717, 1.165) is 0 Å². The normalized spacial score (nSPS) is 27.6. The Morgan fingerprint density at radius 1 is 1.40 bits per heavy atom. The second-order valence-corrected chi connectivity index (χ2v) is 6.24. The van der Waals surface area contributed by atoms with Crippen LogP contribution in [0.1, 0.15) is 46.0 Å². The molecular formula is C15H26N2O3. The third-order valence-electron chi connectivity index (χ3n) is 4.53. The fourth-order valence-corrected chi connectivity index (χ4v) is 3.37. The highest BCUT2D eigenvalue weighted by Crippen LogP contribution is 2.33. The van der Waals surface area contributed by atoms with E-state index in [4.69, 9.17) is 0 Å². The Balaban J connectivity index is 2.05. The van der Waals surface area contributed by atoms with Crippen LogP contribution in [-0.2, 0) is 14.3 Å². The van der Waals surface area contributed by atoms with Crippen LogP contribution >= 0.6 is 0 Å². The van der Waals surface area contributed by atoms with Crippen molar-refractivity contribution in [3.8, 4) is 0 Å². The largest absolute Gasteiger partial charge is 0.469 e. The summed E-state index contributed by atoms with van der Waals surface area (Å²) in [6.07, 6.45) is 5.21. The summed E-state index contributed by atoms with van der Waals surface area (Å²) < 4.78 is 4.68. The molecule has 2 unspecified atom stereocenters. The second-order valence-electron chi connectivity index (χ2n) is 6.24. The van der Waals surface area contributed by atoms with Crippen molar-refractivity contribution >= 4 is 11.9 Å². The minimum atomic E-state index is -0.254. The molecule has 114 valence electrons. The van der Waals surface area contributed by atoms with Gasteiger partial charge in [-0.3, -0.25) is 14.9 Å². The molecule has 2 rings (SSSR count). The molecule has 2 atom stereocenters. The lowest BCUT2D eigenvalue weighted by Gasteiger charge is -2.28. The minimum absolute atomic E-state index is 0.0991. The molecule has 1 saturated heterocycles. The van der Waals surface area contributed by atoms with E-state index in [1.165, 1.54) is 32.8 Å². The van der Waals surface area contributed by atoms with Crippen molar-refractivity contribution in [2.45, 2.75) is 58.2 Å². The van der Waals surface area contributed by atoms with E-state index in [9.17, 15) is 9.59 Å². The first-order valence-electron chi connectivity index (χ1n) is 7.68. The average molecular weight is 282 g/mol. The third-order valence-corrected chi connectivity index (χ3v) is 4.53. The van der Waals surface area contributed by atoms with Crippen LogP contribution < -0.4 is 5.32 Å². The number of hydrogen-bond acceptors (Lipinski definition) is 4. The van der Waals surface area contributed by atoms with Crippen LogP contribution in [0.3, 0.4) is 0 Å². The molecule has 1 amide bonds. The Morgan fingerprint density at radius 2 is 2.05 bits per heavy atom. The molecule has 2 fully saturated rings. The third kappa shape index (κ3) is 3.14. The number of hydrogen-bond donors (Lipinski definition) is 1. The first-order valence-corrected chi connectivity index (χ1v) is 7.68. The average Bonchev–Trinajstić information content (AvgIpc) is 3.03. The van der Waals surface area contributed by atoms with Crippen molar-refractivity contribution in [1.29, 1.82) is 0 Å². The van der Waals surface area contributed by atoms with Gasteiger partial charge in [0, 0.05) is 6.54 Å². The number of nitrogens with one attached hydrogen (secondary N) is 1. The van der Waals surface area contributed by atoms with Crippen molar-refractivity contribution in [3.05, 3.63) is 0 Å². The zero-order valence-corrected chi connectivity index (χ0v) is 12.7. The summed E-state index contributed by atoms with van der Waals surface area (Å²) in [5.74, 6) is 0.687. The molecule has 1 saturated carbocycles. The number of carbonyl (C=O) groups excluding carboxylic acids is 2. The van der Waals surface area contributed by atoms with Crippen LogP contribution in [0.4, 0.5) is 0 Å². The molecule has 20 heavy (non-hydrogen) atoms. The van der Waals surface area contributed by atoms with Gasteiger partial charge in [-0.1, -0.05) is 26.7 Å². The molecule has 0 bridgehead atoms. The van der Waals surface area contributed by atoms with E-state index in [-0.39, 0.29) is 36.4 Å². The molecule has 1 N–H and O–H groups in total. The van der Waals surface area contributed by atoms with Crippen molar-refractivity contribution in [2.24, 2.45) is 11.8 Å². The van der Waals surface area contributed by atoms with Gasteiger partial charge < -0.3 is 9.64 Å². The van der Waals surface area contributed by atoms with E-state index in [1.54, 1.807) is 0 Å². The van der Waals surface area contributed by atoms with Crippen LogP contribution in [0.5, 0.6) is 0 Å². The summed E-state index contributed by atoms with van der Waals surface area (Å²) in [5, 5.41) is 3.50. The summed E-state index contributed by atoms with van der Waals surface area (Å²) >= 11 is 0. The van der Waals surface area contributed by atoms with Gasteiger partial charge in [-0.25, -0.2) is 0 Å². The SMILES string of the molecule is COC(=O)CCN1C(=O)C(C(C)C)NC1C1CCCC1. The molecule has 2 aliphatic rings. The molecular weight excluding hydrogens is 256 g/mol. The van der Waals surface area contributed by atoms with E-state index < -0.39 is 0 Å². The van der Waals surface area contributed by atoms with Gasteiger partial charge in [0.25, 0.3) is 0 Å². The predicted octanol–water partition coefficient (Wildman–Crippen LogP) is 1.52. The van der Waals surface area contributed by atoms with Crippen molar-refractivity contribution in [2.75, 3.05) is 13.7 Å². The number of ether oxygens (including phenoxy) is 1. The number of methoxy groups -OCH3 is 1. The molecule has 0 aromatic heterocycles. The molecule has 1 aliphatic heterocycles. The molecule has 1 heterocycles. The second kappa shape index (κ2) is 6.57. The van der Waals surface area contributed by atoms with E-state index >= 15 is 0 Å². The lowest BCUT2D eigenvalue weighted by Crippen LogP contribution is -2.43. The summed E-state index contributed by atoms with van der Waals surface area (Å²) in [4.78, 5) is 25.7. The Labute approximate surface area is 121 Å². The van der Waals surface area contributed by atoms with Crippen molar-refractivity contribution in [1.82, 2.24) is 10.2 Å². The van der Waals surface area contributed by atoms with Crippen LogP contribution in [-0.4, -0.2) is 42.6 Å². The maximum Gasteiger partial charge on any atom is 0.307 e. The number of nitrogens with zero attached hydrogens (tertiary/aromatic N) is 1. The molecule has 5 nitrogen and oxygen atoms in total.